The van der Waals surface area contributed by atoms with Crippen LogP contribution in [0.2, 0.25) is 0 Å². The lowest BCUT2D eigenvalue weighted by atomic mass is 10.0. The van der Waals surface area contributed by atoms with Crippen molar-refractivity contribution in [1.29, 1.82) is 0 Å². The van der Waals surface area contributed by atoms with Crippen LogP contribution in [0.3, 0.4) is 0 Å². The molecule has 6 heteroatoms. The van der Waals surface area contributed by atoms with Crippen molar-refractivity contribution < 1.29 is 18.3 Å². The molecule has 1 heterocycles. The monoisotopic (exact) mass is 274 g/mol. The number of benzene rings is 1. The molecule has 2 rings (SSSR count). The summed E-state index contributed by atoms with van der Waals surface area (Å²) in [6.07, 6.45) is -2.89. The van der Waals surface area contributed by atoms with Gasteiger partial charge in [0.1, 0.15) is 11.6 Å². The highest BCUT2D eigenvalue weighted by atomic mass is 19.3. The Morgan fingerprint density at radius 2 is 1.95 bits per heavy atom. The highest BCUT2D eigenvalue weighted by molar-refractivity contribution is 5.30. The predicted molar refractivity (Wildman–Crippen MR) is 65.9 cm³/mol. The van der Waals surface area contributed by atoms with E-state index in [0.29, 0.717) is 26.2 Å². The second-order valence-electron chi connectivity index (χ2n) is 4.63. The zero-order chi connectivity index (χ0) is 13.8. The summed E-state index contributed by atoms with van der Waals surface area (Å²) in [4.78, 5) is 1.86. The van der Waals surface area contributed by atoms with Gasteiger partial charge in [-0.1, -0.05) is 6.07 Å². The van der Waals surface area contributed by atoms with Crippen molar-refractivity contribution in [1.82, 2.24) is 10.2 Å². The first-order valence-electron chi connectivity index (χ1n) is 6.29. The van der Waals surface area contributed by atoms with Gasteiger partial charge in [-0.05, 0) is 6.07 Å². The minimum absolute atomic E-state index is 0.197. The van der Waals surface area contributed by atoms with Gasteiger partial charge >= 0.3 is 0 Å². The molecule has 1 aliphatic rings. The molecule has 0 aromatic heterocycles. The smallest absolute Gasteiger partial charge is 0.240 e. The van der Waals surface area contributed by atoms with Crippen LogP contribution in [-0.2, 0) is 0 Å². The molecule has 1 aromatic carbocycles. The summed E-state index contributed by atoms with van der Waals surface area (Å²) in [5.41, 5.74) is 0.222. The van der Waals surface area contributed by atoms with Crippen molar-refractivity contribution >= 4 is 0 Å². The van der Waals surface area contributed by atoms with E-state index in [1.807, 2.05) is 4.90 Å². The zero-order valence-corrected chi connectivity index (χ0v) is 10.5. The molecule has 0 bridgehead atoms. The lowest BCUT2D eigenvalue weighted by Crippen LogP contribution is -2.45. The predicted octanol–water partition coefficient (Wildman–Crippen LogP) is 2.13. The largest absolute Gasteiger partial charge is 0.508 e. The Morgan fingerprint density at radius 3 is 2.53 bits per heavy atom. The first kappa shape index (κ1) is 14.1. The van der Waals surface area contributed by atoms with Gasteiger partial charge in [-0.2, -0.15) is 0 Å². The van der Waals surface area contributed by atoms with Gasteiger partial charge in [0.05, 0.1) is 0 Å². The third-order valence-electron chi connectivity index (χ3n) is 3.34. The number of phenols is 1. The van der Waals surface area contributed by atoms with E-state index in [0.717, 1.165) is 6.07 Å². The Bertz CT molecular complexity index is 422. The van der Waals surface area contributed by atoms with E-state index in [-0.39, 0.29) is 11.3 Å². The second-order valence-corrected chi connectivity index (χ2v) is 4.63. The van der Waals surface area contributed by atoms with E-state index in [1.165, 1.54) is 12.1 Å². The minimum atomic E-state index is -2.49. The normalized spacial score (nSPS) is 18.7. The Morgan fingerprint density at radius 1 is 1.26 bits per heavy atom. The molecule has 3 nitrogen and oxygen atoms in total. The standard InChI is InChI=1S/C13H17F3N2O/c14-11-7-9(19)1-2-10(11)12(8-13(15)16)18-5-3-17-4-6-18/h1-2,7,12-13,17,19H,3-6,8H2/t12-/m0/s1. The number of alkyl halides is 2. The summed E-state index contributed by atoms with van der Waals surface area (Å²) in [6.45, 7) is 2.63. The Labute approximate surface area is 110 Å². The molecule has 19 heavy (non-hydrogen) atoms. The lowest BCUT2D eigenvalue weighted by molar-refractivity contribution is 0.0725. The van der Waals surface area contributed by atoms with Gasteiger partial charge in [0.2, 0.25) is 6.43 Å². The molecule has 0 spiro atoms. The van der Waals surface area contributed by atoms with Crippen LogP contribution in [0.1, 0.15) is 18.0 Å². The van der Waals surface area contributed by atoms with Gasteiger partial charge < -0.3 is 10.4 Å². The van der Waals surface area contributed by atoms with E-state index in [9.17, 15) is 18.3 Å². The van der Waals surface area contributed by atoms with Crippen molar-refractivity contribution in [2.75, 3.05) is 26.2 Å². The van der Waals surface area contributed by atoms with Crippen LogP contribution in [0.4, 0.5) is 13.2 Å². The Balaban J connectivity index is 2.25. The Kier molecular flexibility index (Phi) is 4.66. The molecule has 0 radical (unpaired) electrons. The van der Waals surface area contributed by atoms with Gasteiger partial charge in [-0.15, -0.1) is 0 Å². The quantitative estimate of drug-likeness (QED) is 0.883. The average molecular weight is 274 g/mol. The van der Waals surface area contributed by atoms with Crippen molar-refractivity contribution in [3.05, 3.63) is 29.6 Å². The zero-order valence-electron chi connectivity index (χ0n) is 10.5. The molecule has 2 N–H and O–H groups in total. The van der Waals surface area contributed by atoms with Crippen molar-refractivity contribution in [3.8, 4) is 5.75 Å². The van der Waals surface area contributed by atoms with Crippen LogP contribution in [-0.4, -0.2) is 42.6 Å². The van der Waals surface area contributed by atoms with Crippen LogP contribution in [0.15, 0.2) is 18.2 Å². The number of phenolic OH excluding ortho intramolecular Hbond substituents is 1. The molecule has 0 unspecified atom stereocenters. The van der Waals surface area contributed by atoms with Crippen LogP contribution in [0.5, 0.6) is 5.75 Å². The van der Waals surface area contributed by atoms with E-state index in [1.54, 1.807) is 0 Å². The molecule has 1 atom stereocenters. The highest BCUT2D eigenvalue weighted by Gasteiger charge is 2.27. The minimum Gasteiger partial charge on any atom is -0.508 e. The summed E-state index contributed by atoms with van der Waals surface area (Å²) < 4.78 is 39.3. The second kappa shape index (κ2) is 6.25. The van der Waals surface area contributed by atoms with Gasteiger partial charge in [-0.25, -0.2) is 13.2 Å². The van der Waals surface area contributed by atoms with Gasteiger partial charge in [0, 0.05) is 50.3 Å². The number of aromatic hydroxyl groups is 1. The number of nitrogens with one attached hydrogen (secondary N) is 1. The number of hydrogen-bond acceptors (Lipinski definition) is 3. The number of hydrogen-bond donors (Lipinski definition) is 2. The van der Waals surface area contributed by atoms with Gasteiger partial charge in [0.15, 0.2) is 0 Å². The SMILES string of the molecule is Oc1ccc([C@H](CC(F)F)N2CCNCC2)c(F)c1. The molecular weight excluding hydrogens is 257 g/mol. The topological polar surface area (TPSA) is 35.5 Å². The highest BCUT2D eigenvalue weighted by Crippen LogP contribution is 2.30. The number of nitrogens with zero attached hydrogens (tertiary/aromatic N) is 1. The van der Waals surface area contributed by atoms with Crippen LogP contribution >= 0.6 is 0 Å². The molecule has 0 aliphatic carbocycles. The maximum Gasteiger partial charge on any atom is 0.240 e. The molecule has 1 aliphatic heterocycles. The summed E-state index contributed by atoms with van der Waals surface area (Å²) in [5, 5.41) is 12.3. The van der Waals surface area contributed by atoms with E-state index >= 15 is 0 Å². The van der Waals surface area contributed by atoms with Gasteiger partial charge in [0.25, 0.3) is 0 Å². The maximum atomic E-state index is 13.9. The molecule has 1 fully saturated rings. The maximum absolute atomic E-state index is 13.9. The molecule has 1 saturated heterocycles. The summed E-state index contributed by atoms with van der Waals surface area (Å²) >= 11 is 0. The number of halogens is 3. The fourth-order valence-electron chi connectivity index (χ4n) is 2.42. The molecular formula is C13H17F3N2O. The average Bonchev–Trinajstić information content (AvgIpc) is 2.37. The van der Waals surface area contributed by atoms with Crippen molar-refractivity contribution in [3.63, 3.8) is 0 Å². The molecule has 0 amide bonds. The summed E-state index contributed by atoms with van der Waals surface area (Å²) in [6, 6.07) is 3.04. The number of piperazine rings is 1. The third kappa shape index (κ3) is 3.61. The summed E-state index contributed by atoms with van der Waals surface area (Å²) in [7, 11) is 0. The van der Waals surface area contributed by atoms with E-state index in [4.69, 9.17) is 0 Å². The molecule has 106 valence electrons. The summed E-state index contributed by atoms with van der Waals surface area (Å²) in [5.74, 6) is -0.832. The van der Waals surface area contributed by atoms with Crippen LogP contribution < -0.4 is 5.32 Å². The fraction of sp³-hybridized carbons (Fsp3) is 0.538. The fourth-order valence-corrected chi connectivity index (χ4v) is 2.42. The van der Waals surface area contributed by atoms with Gasteiger partial charge in [-0.3, -0.25) is 4.90 Å². The molecule has 0 saturated carbocycles. The van der Waals surface area contributed by atoms with Crippen LogP contribution in [0.25, 0.3) is 0 Å². The van der Waals surface area contributed by atoms with E-state index < -0.39 is 24.7 Å². The number of rotatable bonds is 4. The Hall–Kier alpha value is -1.27. The van der Waals surface area contributed by atoms with Crippen molar-refractivity contribution in [2.45, 2.75) is 18.9 Å². The third-order valence-corrected chi connectivity index (χ3v) is 3.34. The van der Waals surface area contributed by atoms with Crippen LogP contribution in [0, 0.1) is 5.82 Å². The van der Waals surface area contributed by atoms with E-state index in [2.05, 4.69) is 5.32 Å². The lowest BCUT2D eigenvalue weighted by Gasteiger charge is -2.35. The molecule has 1 aromatic rings. The van der Waals surface area contributed by atoms with Crippen molar-refractivity contribution in [2.24, 2.45) is 0 Å². The first-order valence-corrected chi connectivity index (χ1v) is 6.29. The first-order chi connectivity index (χ1) is 9.08.